The Morgan fingerprint density at radius 2 is 1.33 bits per heavy atom. The molecule has 128 valence electrons. The molecule has 2 aromatic rings. The maximum Gasteiger partial charge on any atom is 0.146 e. The van der Waals surface area contributed by atoms with Gasteiger partial charge in [-0.25, -0.2) is 5.23 Å². The molecule has 0 N–H and O–H groups in total. The highest BCUT2D eigenvalue weighted by atomic mass is 16.9. The van der Waals surface area contributed by atoms with E-state index in [4.69, 9.17) is 9.57 Å². The Kier molecular flexibility index (Phi) is 5.07. The lowest BCUT2D eigenvalue weighted by Gasteiger charge is -2.39. The molecule has 0 aliphatic heterocycles. The van der Waals surface area contributed by atoms with Gasteiger partial charge in [-0.1, -0.05) is 43.5 Å². The average Bonchev–Trinajstić information content (AvgIpc) is 2.62. The number of hydrogen-bond acceptors (Lipinski definition) is 4. The Hall–Kier alpha value is -2.04. The van der Waals surface area contributed by atoms with Gasteiger partial charge in [-0.3, -0.25) is 0 Å². The summed E-state index contributed by atoms with van der Waals surface area (Å²) in [5.74, 6) is 1.45. The molecule has 1 aliphatic rings. The zero-order valence-corrected chi connectivity index (χ0v) is 14.3. The van der Waals surface area contributed by atoms with E-state index in [1.807, 2.05) is 24.3 Å². The number of ether oxygens (including phenoxy) is 1. The lowest BCUT2D eigenvalue weighted by molar-refractivity contribution is 0.0217. The van der Waals surface area contributed by atoms with E-state index in [1.165, 1.54) is 37.4 Å². The molecule has 0 spiro atoms. The third-order valence-corrected chi connectivity index (χ3v) is 4.99. The van der Waals surface area contributed by atoms with Gasteiger partial charge in [0.15, 0.2) is 0 Å². The predicted octanol–water partition coefficient (Wildman–Crippen LogP) is 4.67. The van der Waals surface area contributed by atoms with Gasteiger partial charge in [0.1, 0.15) is 11.5 Å². The van der Waals surface area contributed by atoms with Crippen LogP contribution in [-0.4, -0.2) is 19.4 Å². The quantitative estimate of drug-likeness (QED) is 0.749. The maximum atomic E-state index is 11.0. The number of rotatable bonds is 5. The Morgan fingerprint density at radius 1 is 0.833 bits per heavy atom. The minimum atomic E-state index is 0.0341. The van der Waals surface area contributed by atoms with Gasteiger partial charge in [-0.05, 0) is 48.2 Å². The monoisotopic (exact) mass is 326 g/mol. The fourth-order valence-electron chi connectivity index (χ4n) is 3.79. The van der Waals surface area contributed by atoms with E-state index in [9.17, 15) is 5.21 Å². The fourth-order valence-corrected chi connectivity index (χ4v) is 3.79. The summed E-state index contributed by atoms with van der Waals surface area (Å²) in [4.78, 5) is 5.09. The Bertz CT molecular complexity index is 644. The first kappa shape index (κ1) is 16.8. The van der Waals surface area contributed by atoms with Crippen LogP contribution in [0.3, 0.4) is 0 Å². The van der Waals surface area contributed by atoms with Crippen LogP contribution in [0.1, 0.15) is 43.2 Å². The minimum Gasteiger partial charge on any atom is -0.753 e. The Balaban J connectivity index is 1.95. The molecule has 1 fully saturated rings. The van der Waals surface area contributed by atoms with Crippen LogP contribution in [0, 0.1) is 5.21 Å². The molecule has 4 nitrogen and oxygen atoms in total. The standard InChI is InChI=1S/C20H24NO3/c1-21(22)24-19-12-8-17(9-13-19)20(14-4-3-5-15-20)16-6-10-18(23-2)11-7-16/h6-13H,3-5,14-15H2,1-2H3/q-1. The molecule has 0 radical (unpaired) electrons. The van der Waals surface area contributed by atoms with E-state index in [1.54, 1.807) is 7.11 Å². The molecule has 0 atom stereocenters. The van der Waals surface area contributed by atoms with Crippen LogP contribution in [0.4, 0.5) is 0 Å². The van der Waals surface area contributed by atoms with Gasteiger partial charge >= 0.3 is 0 Å². The summed E-state index contributed by atoms with van der Waals surface area (Å²) in [5, 5.41) is 11.5. The first-order valence-electron chi connectivity index (χ1n) is 8.48. The zero-order chi connectivity index (χ0) is 17.0. The van der Waals surface area contributed by atoms with E-state index in [2.05, 4.69) is 24.3 Å². The second-order valence-corrected chi connectivity index (χ2v) is 6.43. The van der Waals surface area contributed by atoms with Crippen molar-refractivity contribution in [3.05, 3.63) is 64.9 Å². The van der Waals surface area contributed by atoms with Crippen molar-refractivity contribution in [2.75, 3.05) is 14.2 Å². The summed E-state index contributed by atoms with van der Waals surface area (Å²) in [7, 11) is 3.03. The first-order chi connectivity index (χ1) is 11.6. The maximum absolute atomic E-state index is 11.0. The summed E-state index contributed by atoms with van der Waals surface area (Å²) in [5.41, 5.74) is 2.65. The van der Waals surface area contributed by atoms with Gasteiger partial charge in [0.05, 0.1) is 7.11 Å². The molecule has 4 heteroatoms. The number of methoxy groups -OCH3 is 1. The lowest BCUT2D eigenvalue weighted by Crippen LogP contribution is -2.30. The van der Waals surface area contributed by atoms with Gasteiger partial charge in [0.2, 0.25) is 0 Å². The molecule has 0 amide bonds. The van der Waals surface area contributed by atoms with E-state index < -0.39 is 0 Å². The molecule has 0 bridgehead atoms. The fraction of sp³-hybridized carbons (Fsp3) is 0.400. The van der Waals surface area contributed by atoms with Crippen LogP contribution in [0.5, 0.6) is 11.5 Å². The SMILES string of the molecule is COc1ccc(C2(c3ccc(ON(C)[O-])cc3)CCCCC2)cc1. The second-order valence-electron chi connectivity index (χ2n) is 6.43. The third kappa shape index (κ3) is 3.40. The molecule has 2 aromatic carbocycles. The molecule has 24 heavy (non-hydrogen) atoms. The lowest BCUT2D eigenvalue weighted by atomic mass is 9.65. The van der Waals surface area contributed by atoms with Crippen molar-refractivity contribution in [2.45, 2.75) is 37.5 Å². The summed E-state index contributed by atoms with van der Waals surface area (Å²) in [6.07, 6.45) is 6.03. The number of benzene rings is 2. The highest BCUT2D eigenvalue weighted by Crippen LogP contribution is 2.45. The summed E-state index contributed by atoms with van der Waals surface area (Å²) in [6, 6.07) is 16.4. The van der Waals surface area contributed by atoms with Crippen LogP contribution in [0.2, 0.25) is 0 Å². The minimum absolute atomic E-state index is 0.0341. The van der Waals surface area contributed by atoms with Gasteiger partial charge < -0.3 is 14.8 Å². The molecule has 3 rings (SSSR count). The summed E-state index contributed by atoms with van der Waals surface area (Å²) in [6.45, 7) is 0. The number of hydrogen-bond donors (Lipinski definition) is 0. The third-order valence-electron chi connectivity index (χ3n) is 4.99. The van der Waals surface area contributed by atoms with Gasteiger partial charge in [0.25, 0.3) is 0 Å². The van der Waals surface area contributed by atoms with Gasteiger partial charge in [0, 0.05) is 12.5 Å². The zero-order valence-electron chi connectivity index (χ0n) is 14.3. The van der Waals surface area contributed by atoms with Crippen molar-refractivity contribution >= 4 is 0 Å². The van der Waals surface area contributed by atoms with Crippen molar-refractivity contribution in [1.29, 1.82) is 0 Å². The number of nitrogens with zero attached hydrogens (tertiary/aromatic N) is 1. The van der Waals surface area contributed by atoms with Crippen molar-refractivity contribution in [2.24, 2.45) is 0 Å². The van der Waals surface area contributed by atoms with Gasteiger partial charge in [-0.15, -0.1) is 0 Å². The molecule has 0 saturated heterocycles. The normalized spacial score (nSPS) is 16.8. The molecule has 0 heterocycles. The topological polar surface area (TPSA) is 44.8 Å². The van der Waals surface area contributed by atoms with Crippen molar-refractivity contribution in [3.63, 3.8) is 0 Å². The Morgan fingerprint density at radius 3 is 1.79 bits per heavy atom. The summed E-state index contributed by atoms with van der Waals surface area (Å²) >= 11 is 0. The van der Waals surface area contributed by atoms with Crippen molar-refractivity contribution < 1.29 is 9.57 Å². The van der Waals surface area contributed by atoms with Crippen LogP contribution in [0.15, 0.2) is 48.5 Å². The average molecular weight is 326 g/mol. The van der Waals surface area contributed by atoms with Gasteiger partial charge in [-0.2, -0.15) is 0 Å². The molecule has 1 saturated carbocycles. The second kappa shape index (κ2) is 7.24. The Labute approximate surface area is 143 Å². The van der Waals surface area contributed by atoms with Crippen LogP contribution < -0.4 is 9.57 Å². The van der Waals surface area contributed by atoms with E-state index in [0.29, 0.717) is 11.0 Å². The number of hydroxylamine groups is 2. The van der Waals surface area contributed by atoms with E-state index in [0.717, 1.165) is 18.6 Å². The van der Waals surface area contributed by atoms with E-state index in [-0.39, 0.29) is 5.41 Å². The highest BCUT2D eigenvalue weighted by Gasteiger charge is 2.35. The van der Waals surface area contributed by atoms with Crippen LogP contribution in [0.25, 0.3) is 0 Å². The van der Waals surface area contributed by atoms with Crippen LogP contribution >= 0.6 is 0 Å². The smallest absolute Gasteiger partial charge is 0.146 e. The first-order valence-corrected chi connectivity index (χ1v) is 8.48. The van der Waals surface area contributed by atoms with Crippen molar-refractivity contribution in [1.82, 2.24) is 5.23 Å². The predicted molar refractivity (Wildman–Crippen MR) is 95.1 cm³/mol. The van der Waals surface area contributed by atoms with E-state index >= 15 is 0 Å². The molecular formula is C20H24NO3-. The largest absolute Gasteiger partial charge is 0.753 e. The summed E-state index contributed by atoms with van der Waals surface area (Å²) < 4.78 is 5.30. The van der Waals surface area contributed by atoms with Crippen molar-refractivity contribution in [3.8, 4) is 11.5 Å². The van der Waals surface area contributed by atoms with Crippen LogP contribution in [-0.2, 0) is 5.41 Å². The molecular weight excluding hydrogens is 302 g/mol. The molecule has 0 unspecified atom stereocenters. The molecule has 0 aromatic heterocycles. The molecule has 1 aliphatic carbocycles. The highest BCUT2D eigenvalue weighted by molar-refractivity contribution is 5.43.